The Morgan fingerprint density at radius 3 is 2.87 bits per heavy atom. The van der Waals surface area contributed by atoms with E-state index in [-0.39, 0.29) is 18.9 Å². The zero-order chi connectivity index (χ0) is 11.4. The van der Waals surface area contributed by atoms with Crippen molar-refractivity contribution in [2.45, 2.75) is 12.0 Å². The zero-order valence-electron chi connectivity index (χ0n) is 8.82. The molecule has 0 saturated carbocycles. The fraction of sp³-hybridized carbons (Fsp3) is 1.00. The Hall–Kier alpha value is -0.210. The van der Waals surface area contributed by atoms with Gasteiger partial charge in [0.1, 0.15) is 0 Å². The Kier molecular flexibility index (Phi) is 4.47. The molecule has 3 N–H and O–H groups in total. The third-order valence-corrected chi connectivity index (χ3v) is 3.69. The molecule has 90 valence electrons. The van der Waals surface area contributed by atoms with Crippen LogP contribution in [0.2, 0.25) is 0 Å². The van der Waals surface area contributed by atoms with Gasteiger partial charge in [0.05, 0.1) is 18.0 Å². The molecule has 1 aliphatic heterocycles. The highest BCUT2D eigenvalue weighted by molar-refractivity contribution is 7.89. The number of hydrogen-bond acceptors (Lipinski definition) is 5. The highest BCUT2D eigenvalue weighted by Gasteiger charge is 2.31. The number of rotatable bonds is 6. The van der Waals surface area contributed by atoms with Crippen LogP contribution in [0.5, 0.6) is 0 Å². The van der Waals surface area contributed by atoms with Crippen molar-refractivity contribution in [1.29, 1.82) is 0 Å². The van der Waals surface area contributed by atoms with Gasteiger partial charge in [-0.05, 0) is 13.0 Å². The molecule has 0 aromatic rings. The maximum atomic E-state index is 11.4. The van der Waals surface area contributed by atoms with Crippen molar-refractivity contribution in [3.8, 4) is 0 Å². The lowest BCUT2D eigenvalue weighted by Gasteiger charge is -2.21. The Morgan fingerprint density at radius 1 is 1.60 bits per heavy atom. The number of ether oxygens (including phenoxy) is 1. The lowest BCUT2D eigenvalue weighted by atomic mass is 10.1. The predicted octanol–water partition coefficient (Wildman–Crippen LogP) is -1.72. The van der Waals surface area contributed by atoms with E-state index in [9.17, 15) is 13.5 Å². The number of nitrogens with one attached hydrogen (secondary N) is 2. The van der Waals surface area contributed by atoms with E-state index in [0.717, 1.165) is 6.54 Å². The van der Waals surface area contributed by atoms with E-state index in [1.165, 1.54) is 7.11 Å². The Labute approximate surface area is 90.1 Å². The first-order valence-electron chi connectivity index (χ1n) is 4.87. The molecule has 1 aliphatic rings. The highest BCUT2D eigenvalue weighted by Crippen LogP contribution is 2.12. The van der Waals surface area contributed by atoms with Crippen LogP contribution < -0.4 is 10.0 Å². The first-order valence-corrected chi connectivity index (χ1v) is 6.52. The van der Waals surface area contributed by atoms with E-state index < -0.39 is 15.6 Å². The maximum Gasteiger partial charge on any atom is 0.213 e. The number of sulfonamides is 1. The van der Waals surface area contributed by atoms with Crippen molar-refractivity contribution in [1.82, 2.24) is 10.0 Å². The first-order chi connectivity index (χ1) is 6.97. The molecule has 1 fully saturated rings. The summed E-state index contributed by atoms with van der Waals surface area (Å²) in [4.78, 5) is 0. The minimum Gasteiger partial charge on any atom is -0.387 e. The number of hydrogen-bond donors (Lipinski definition) is 3. The Balaban J connectivity index is 2.35. The molecular formula is C8H18N2O4S. The predicted molar refractivity (Wildman–Crippen MR) is 56.1 cm³/mol. The molecule has 1 rings (SSSR count). The molecule has 7 heteroatoms. The van der Waals surface area contributed by atoms with E-state index in [4.69, 9.17) is 0 Å². The second-order valence-corrected chi connectivity index (χ2v) is 5.71. The fourth-order valence-corrected chi connectivity index (χ4v) is 2.41. The standard InChI is InChI=1S/C8H18N2O4S/c1-14-4-5-15(12,13)10-7-8(11)2-3-9-6-8/h9-11H,2-7H2,1H3. The summed E-state index contributed by atoms with van der Waals surface area (Å²) >= 11 is 0. The van der Waals surface area contributed by atoms with Gasteiger partial charge in [0.2, 0.25) is 10.0 Å². The van der Waals surface area contributed by atoms with Crippen LogP contribution in [-0.2, 0) is 14.8 Å². The lowest BCUT2D eigenvalue weighted by molar-refractivity contribution is 0.0667. The Bertz CT molecular complexity index is 285. The molecule has 0 aliphatic carbocycles. The summed E-state index contributed by atoms with van der Waals surface area (Å²) in [6.07, 6.45) is 0.569. The SMILES string of the molecule is COCCS(=O)(=O)NCC1(O)CCNC1. The van der Waals surface area contributed by atoms with Gasteiger partial charge in [-0.25, -0.2) is 13.1 Å². The summed E-state index contributed by atoms with van der Waals surface area (Å²) in [6.45, 7) is 1.37. The van der Waals surface area contributed by atoms with Crippen LogP contribution in [-0.4, -0.2) is 58.2 Å². The minimum absolute atomic E-state index is 0.0616. The van der Waals surface area contributed by atoms with E-state index >= 15 is 0 Å². The first kappa shape index (κ1) is 12.9. The van der Waals surface area contributed by atoms with E-state index in [1.54, 1.807) is 0 Å². The molecule has 15 heavy (non-hydrogen) atoms. The van der Waals surface area contributed by atoms with Gasteiger partial charge in [0, 0.05) is 20.2 Å². The van der Waals surface area contributed by atoms with Crippen molar-refractivity contribution in [3.63, 3.8) is 0 Å². The van der Waals surface area contributed by atoms with Crippen LogP contribution >= 0.6 is 0 Å². The highest BCUT2D eigenvalue weighted by atomic mass is 32.2. The van der Waals surface area contributed by atoms with Crippen molar-refractivity contribution in [2.75, 3.05) is 39.1 Å². The summed E-state index contributed by atoms with van der Waals surface area (Å²) < 4.78 is 29.8. The van der Waals surface area contributed by atoms with Crippen LogP contribution in [0.1, 0.15) is 6.42 Å². The van der Waals surface area contributed by atoms with Gasteiger partial charge in [-0.3, -0.25) is 0 Å². The van der Waals surface area contributed by atoms with Gasteiger partial charge in [0.15, 0.2) is 0 Å². The van der Waals surface area contributed by atoms with Gasteiger partial charge < -0.3 is 15.2 Å². The second kappa shape index (κ2) is 5.22. The number of aliphatic hydroxyl groups is 1. The van der Waals surface area contributed by atoms with Gasteiger partial charge in [-0.1, -0.05) is 0 Å². The molecular weight excluding hydrogens is 220 g/mol. The maximum absolute atomic E-state index is 11.4. The molecule has 0 radical (unpaired) electrons. The third-order valence-electron chi connectivity index (χ3n) is 2.40. The average Bonchev–Trinajstić information content (AvgIpc) is 2.61. The molecule has 1 heterocycles. The second-order valence-electron chi connectivity index (χ2n) is 3.78. The topological polar surface area (TPSA) is 87.7 Å². The van der Waals surface area contributed by atoms with Crippen molar-refractivity contribution in [2.24, 2.45) is 0 Å². The molecule has 0 aromatic heterocycles. The average molecular weight is 238 g/mol. The molecule has 0 amide bonds. The number of β-amino-alcohol motifs (C(OH)–C–C–N with tert-alkyl or cyclic N) is 1. The van der Waals surface area contributed by atoms with Crippen LogP contribution in [0, 0.1) is 0 Å². The van der Waals surface area contributed by atoms with E-state index in [0.29, 0.717) is 13.0 Å². The normalized spacial score (nSPS) is 27.1. The van der Waals surface area contributed by atoms with Crippen molar-refractivity contribution >= 4 is 10.0 Å². The third kappa shape index (κ3) is 4.43. The smallest absolute Gasteiger partial charge is 0.213 e. The van der Waals surface area contributed by atoms with Gasteiger partial charge in [0.25, 0.3) is 0 Å². The number of methoxy groups -OCH3 is 1. The van der Waals surface area contributed by atoms with Gasteiger partial charge in [-0.15, -0.1) is 0 Å². The molecule has 0 bridgehead atoms. The lowest BCUT2D eigenvalue weighted by Crippen LogP contribution is -2.45. The summed E-state index contributed by atoms with van der Waals surface area (Å²) in [5.74, 6) is -0.0764. The molecule has 1 unspecified atom stereocenters. The van der Waals surface area contributed by atoms with Gasteiger partial charge >= 0.3 is 0 Å². The molecule has 0 spiro atoms. The summed E-state index contributed by atoms with van der Waals surface area (Å²) in [5, 5.41) is 12.8. The summed E-state index contributed by atoms with van der Waals surface area (Å²) in [5.41, 5.74) is -0.944. The summed E-state index contributed by atoms with van der Waals surface area (Å²) in [6, 6.07) is 0. The van der Waals surface area contributed by atoms with Crippen molar-refractivity contribution < 1.29 is 18.3 Å². The van der Waals surface area contributed by atoms with Crippen molar-refractivity contribution in [3.05, 3.63) is 0 Å². The van der Waals surface area contributed by atoms with Crippen LogP contribution in [0.25, 0.3) is 0 Å². The minimum atomic E-state index is -3.33. The van der Waals surface area contributed by atoms with Crippen LogP contribution in [0.3, 0.4) is 0 Å². The fourth-order valence-electron chi connectivity index (χ4n) is 1.39. The zero-order valence-corrected chi connectivity index (χ0v) is 9.64. The summed E-state index contributed by atoms with van der Waals surface area (Å²) in [7, 11) is -1.88. The van der Waals surface area contributed by atoms with Crippen LogP contribution in [0.4, 0.5) is 0 Å². The molecule has 1 saturated heterocycles. The van der Waals surface area contributed by atoms with E-state index in [2.05, 4.69) is 14.8 Å². The molecule has 0 aromatic carbocycles. The van der Waals surface area contributed by atoms with Gasteiger partial charge in [-0.2, -0.15) is 0 Å². The monoisotopic (exact) mass is 238 g/mol. The van der Waals surface area contributed by atoms with E-state index in [1.807, 2.05) is 0 Å². The quantitative estimate of drug-likeness (QED) is 0.512. The molecule has 6 nitrogen and oxygen atoms in total. The largest absolute Gasteiger partial charge is 0.387 e. The Morgan fingerprint density at radius 2 is 2.33 bits per heavy atom. The molecule has 1 atom stereocenters. The van der Waals surface area contributed by atoms with Crippen LogP contribution in [0.15, 0.2) is 0 Å².